The number of aliphatic hydroxyl groups excluding tert-OH is 1. The molecule has 0 aliphatic carbocycles. The Morgan fingerprint density at radius 1 is 1.26 bits per heavy atom. The molecule has 0 spiro atoms. The van der Waals surface area contributed by atoms with Gasteiger partial charge >= 0.3 is 5.69 Å². The van der Waals surface area contributed by atoms with Crippen molar-refractivity contribution in [3.8, 4) is 0 Å². The SMILES string of the molecule is CS(=O)(=O)c1cccc(N2CCN(CCCO)CC2)c1[N+](=O)[O-]. The third kappa shape index (κ3) is 4.18. The maximum atomic E-state index is 11.8. The van der Waals surface area contributed by atoms with Crippen LogP contribution in [0, 0.1) is 10.1 Å². The first kappa shape index (κ1) is 17.6. The summed E-state index contributed by atoms with van der Waals surface area (Å²) in [4.78, 5) is 14.6. The van der Waals surface area contributed by atoms with E-state index in [1.54, 1.807) is 6.07 Å². The molecule has 8 nitrogen and oxygen atoms in total. The smallest absolute Gasteiger partial charge is 0.311 e. The number of para-hydroxylation sites is 1. The van der Waals surface area contributed by atoms with Crippen molar-refractivity contribution in [2.45, 2.75) is 11.3 Å². The van der Waals surface area contributed by atoms with Gasteiger partial charge in [0.25, 0.3) is 0 Å². The quantitative estimate of drug-likeness (QED) is 0.592. The van der Waals surface area contributed by atoms with Gasteiger partial charge in [0, 0.05) is 45.6 Å². The molecule has 9 heteroatoms. The summed E-state index contributed by atoms with van der Waals surface area (Å²) in [6.07, 6.45) is 1.68. The minimum Gasteiger partial charge on any atom is -0.396 e. The van der Waals surface area contributed by atoms with Crippen LogP contribution in [-0.4, -0.2) is 68.9 Å². The molecular formula is C14H21N3O5S. The number of benzene rings is 1. The minimum atomic E-state index is -3.67. The summed E-state index contributed by atoms with van der Waals surface area (Å²) in [6, 6.07) is 4.40. The van der Waals surface area contributed by atoms with Gasteiger partial charge in [0.1, 0.15) is 10.6 Å². The number of hydrogen-bond donors (Lipinski definition) is 1. The van der Waals surface area contributed by atoms with Crippen LogP contribution < -0.4 is 4.90 Å². The lowest BCUT2D eigenvalue weighted by atomic mass is 10.2. The number of sulfone groups is 1. The summed E-state index contributed by atoms with van der Waals surface area (Å²) in [5, 5.41) is 20.3. The third-order valence-electron chi connectivity index (χ3n) is 3.91. The van der Waals surface area contributed by atoms with Crippen molar-refractivity contribution < 1.29 is 18.4 Å². The van der Waals surface area contributed by atoms with Crippen molar-refractivity contribution in [1.29, 1.82) is 0 Å². The second-order valence-electron chi connectivity index (χ2n) is 5.56. The van der Waals surface area contributed by atoms with E-state index < -0.39 is 14.8 Å². The topological polar surface area (TPSA) is 104 Å². The molecule has 1 aliphatic rings. The number of rotatable bonds is 6. The normalized spacial score (nSPS) is 16.5. The number of hydrogen-bond acceptors (Lipinski definition) is 7. The van der Waals surface area contributed by atoms with Crippen molar-refractivity contribution in [2.75, 3.05) is 50.5 Å². The molecule has 1 saturated heterocycles. The molecular weight excluding hydrogens is 322 g/mol. The van der Waals surface area contributed by atoms with Crippen LogP contribution in [0.4, 0.5) is 11.4 Å². The van der Waals surface area contributed by atoms with E-state index in [0.717, 1.165) is 25.9 Å². The molecule has 1 N–H and O–H groups in total. The van der Waals surface area contributed by atoms with E-state index in [-0.39, 0.29) is 17.2 Å². The van der Waals surface area contributed by atoms with Crippen molar-refractivity contribution in [3.05, 3.63) is 28.3 Å². The molecule has 1 fully saturated rings. The van der Waals surface area contributed by atoms with Crippen LogP contribution in [-0.2, 0) is 9.84 Å². The molecule has 0 radical (unpaired) electrons. The molecule has 2 rings (SSSR count). The molecule has 0 aromatic heterocycles. The lowest BCUT2D eigenvalue weighted by molar-refractivity contribution is -0.387. The fourth-order valence-electron chi connectivity index (χ4n) is 2.76. The highest BCUT2D eigenvalue weighted by atomic mass is 32.2. The van der Waals surface area contributed by atoms with E-state index in [2.05, 4.69) is 4.90 Å². The third-order valence-corrected chi connectivity index (χ3v) is 5.03. The van der Waals surface area contributed by atoms with Gasteiger partial charge in [0.05, 0.1) is 4.92 Å². The Morgan fingerprint density at radius 3 is 2.43 bits per heavy atom. The summed E-state index contributed by atoms with van der Waals surface area (Å²) in [7, 11) is -3.67. The van der Waals surface area contributed by atoms with Crippen LogP contribution in [0.15, 0.2) is 23.1 Å². The van der Waals surface area contributed by atoms with Gasteiger partial charge in [-0.05, 0) is 18.6 Å². The first-order valence-corrected chi connectivity index (χ1v) is 9.29. The molecule has 1 aliphatic heterocycles. The fraction of sp³-hybridized carbons (Fsp3) is 0.571. The zero-order valence-electron chi connectivity index (χ0n) is 13.0. The van der Waals surface area contributed by atoms with Crippen LogP contribution in [0.1, 0.15) is 6.42 Å². The second kappa shape index (κ2) is 7.24. The number of nitro benzene ring substituents is 1. The molecule has 0 atom stereocenters. The van der Waals surface area contributed by atoms with E-state index in [4.69, 9.17) is 5.11 Å². The second-order valence-corrected chi connectivity index (χ2v) is 7.54. The molecule has 1 heterocycles. The molecule has 1 aromatic carbocycles. The molecule has 0 bridgehead atoms. The number of aliphatic hydroxyl groups is 1. The van der Waals surface area contributed by atoms with Gasteiger partial charge in [0.15, 0.2) is 9.84 Å². The minimum absolute atomic E-state index is 0.141. The van der Waals surface area contributed by atoms with Crippen LogP contribution >= 0.6 is 0 Å². The molecule has 0 saturated carbocycles. The number of piperazine rings is 1. The summed E-state index contributed by atoms with van der Waals surface area (Å²) in [5.74, 6) is 0. The van der Waals surface area contributed by atoms with Crippen molar-refractivity contribution in [1.82, 2.24) is 4.90 Å². The predicted molar refractivity (Wildman–Crippen MR) is 86.6 cm³/mol. The first-order chi connectivity index (χ1) is 10.8. The lowest BCUT2D eigenvalue weighted by Crippen LogP contribution is -2.47. The van der Waals surface area contributed by atoms with E-state index in [1.807, 2.05) is 4.90 Å². The molecule has 0 amide bonds. The van der Waals surface area contributed by atoms with Crippen LogP contribution in [0.5, 0.6) is 0 Å². The van der Waals surface area contributed by atoms with Crippen molar-refractivity contribution in [3.63, 3.8) is 0 Å². The molecule has 23 heavy (non-hydrogen) atoms. The van der Waals surface area contributed by atoms with Crippen LogP contribution in [0.3, 0.4) is 0 Å². The molecule has 128 valence electrons. The van der Waals surface area contributed by atoms with Gasteiger partial charge in [-0.25, -0.2) is 8.42 Å². The number of nitro groups is 1. The van der Waals surface area contributed by atoms with E-state index in [9.17, 15) is 18.5 Å². The standard InChI is InChI=1S/C14H21N3O5S/c1-23(21,22)13-5-2-4-12(14(13)17(19)20)16-9-7-15(8-10-16)6-3-11-18/h2,4-5,18H,3,6-11H2,1H3. The molecule has 0 unspecified atom stereocenters. The van der Waals surface area contributed by atoms with E-state index in [0.29, 0.717) is 25.2 Å². The van der Waals surface area contributed by atoms with Crippen LogP contribution in [0.25, 0.3) is 0 Å². The van der Waals surface area contributed by atoms with Gasteiger partial charge in [-0.2, -0.15) is 0 Å². The highest BCUT2D eigenvalue weighted by molar-refractivity contribution is 7.90. The Hall–Kier alpha value is -1.71. The average molecular weight is 343 g/mol. The summed E-state index contributed by atoms with van der Waals surface area (Å²) in [6.45, 7) is 3.54. The van der Waals surface area contributed by atoms with E-state index in [1.165, 1.54) is 12.1 Å². The average Bonchev–Trinajstić information content (AvgIpc) is 2.51. The fourth-order valence-corrected chi connectivity index (χ4v) is 3.61. The predicted octanol–water partition coefficient (Wildman–Crippen LogP) is 0.503. The Labute approximate surface area is 135 Å². The Bertz CT molecular complexity index is 669. The summed E-state index contributed by atoms with van der Waals surface area (Å²) in [5.41, 5.74) is -0.00135. The Morgan fingerprint density at radius 2 is 1.91 bits per heavy atom. The first-order valence-electron chi connectivity index (χ1n) is 7.40. The zero-order valence-corrected chi connectivity index (χ0v) is 13.8. The zero-order chi connectivity index (χ0) is 17.0. The lowest BCUT2D eigenvalue weighted by Gasteiger charge is -2.35. The number of nitrogens with zero attached hydrogens (tertiary/aromatic N) is 3. The largest absolute Gasteiger partial charge is 0.396 e. The van der Waals surface area contributed by atoms with Crippen molar-refractivity contribution in [2.24, 2.45) is 0 Å². The Kier molecular flexibility index (Phi) is 5.55. The monoisotopic (exact) mass is 343 g/mol. The van der Waals surface area contributed by atoms with Gasteiger partial charge in [-0.3, -0.25) is 15.0 Å². The van der Waals surface area contributed by atoms with Gasteiger partial charge in [0.2, 0.25) is 0 Å². The molecule has 1 aromatic rings. The maximum Gasteiger partial charge on any atom is 0.311 e. The van der Waals surface area contributed by atoms with Gasteiger partial charge < -0.3 is 10.0 Å². The summed E-state index contributed by atoms with van der Waals surface area (Å²) >= 11 is 0. The highest BCUT2D eigenvalue weighted by Crippen LogP contribution is 2.35. The summed E-state index contributed by atoms with van der Waals surface area (Å²) < 4.78 is 23.6. The highest BCUT2D eigenvalue weighted by Gasteiger charge is 2.30. The Balaban J connectivity index is 2.26. The van der Waals surface area contributed by atoms with Crippen LogP contribution in [0.2, 0.25) is 0 Å². The van der Waals surface area contributed by atoms with E-state index >= 15 is 0 Å². The van der Waals surface area contributed by atoms with Crippen molar-refractivity contribution >= 4 is 21.2 Å². The maximum absolute atomic E-state index is 11.8. The number of anilines is 1. The van der Waals surface area contributed by atoms with Gasteiger partial charge in [-0.1, -0.05) is 6.07 Å². The van der Waals surface area contributed by atoms with Gasteiger partial charge in [-0.15, -0.1) is 0 Å².